The lowest BCUT2D eigenvalue weighted by Crippen LogP contribution is -1.94. The average Bonchev–Trinajstić information content (AvgIpc) is 2.58. The number of allylic oxidation sites excluding steroid dienone is 7. The summed E-state index contributed by atoms with van der Waals surface area (Å²) in [4.78, 5) is 0. The standard InChI is InChI=1S/C22H35N/c1-4-7-8-14-18-22(20-23)19-16-13-11-9-10-12-15-17-21(5-2)6-3/h5,7-8,10,12-13,16,21-22H,2,4,6,9,11,14-15,17-19H2,1,3H3/b8-7+,12-10+,16-13+. The van der Waals surface area contributed by atoms with Crippen molar-refractivity contribution >= 4 is 0 Å². The van der Waals surface area contributed by atoms with E-state index in [1.165, 1.54) is 12.8 Å². The zero-order valence-corrected chi connectivity index (χ0v) is 15.2. The van der Waals surface area contributed by atoms with E-state index in [0.717, 1.165) is 44.9 Å². The Morgan fingerprint density at radius 1 is 0.870 bits per heavy atom. The maximum absolute atomic E-state index is 9.14. The van der Waals surface area contributed by atoms with Crippen LogP contribution in [0.2, 0.25) is 0 Å². The first-order valence-electron chi connectivity index (χ1n) is 9.25. The fraction of sp³-hybridized carbons (Fsp3) is 0.591. The van der Waals surface area contributed by atoms with Gasteiger partial charge in [-0.1, -0.05) is 56.4 Å². The lowest BCUT2D eigenvalue weighted by atomic mass is 10.00. The summed E-state index contributed by atoms with van der Waals surface area (Å²) in [7, 11) is 0. The quantitative estimate of drug-likeness (QED) is 0.247. The molecule has 23 heavy (non-hydrogen) atoms. The molecule has 0 amide bonds. The molecule has 0 saturated carbocycles. The van der Waals surface area contributed by atoms with E-state index >= 15 is 0 Å². The number of nitriles is 1. The molecule has 0 radical (unpaired) electrons. The first kappa shape index (κ1) is 21.4. The predicted octanol–water partition coefficient (Wildman–Crippen LogP) is 7.15. The highest BCUT2D eigenvalue weighted by atomic mass is 14.3. The molecule has 0 rings (SSSR count). The zero-order valence-electron chi connectivity index (χ0n) is 15.2. The molecule has 0 aromatic carbocycles. The normalized spacial score (nSPS) is 14.5. The maximum Gasteiger partial charge on any atom is 0.0659 e. The van der Waals surface area contributed by atoms with Crippen molar-refractivity contribution in [1.29, 1.82) is 5.26 Å². The van der Waals surface area contributed by atoms with Gasteiger partial charge in [0, 0.05) is 0 Å². The molecule has 0 aliphatic carbocycles. The van der Waals surface area contributed by atoms with Crippen molar-refractivity contribution in [2.45, 2.75) is 71.6 Å². The highest BCUT2D eigenvalue weighted by Gasteiger charge is 2.02. The molecule has 0 aromatic heterocycles. The molecule has 0 aliphatic heterocycles. The molecule has 0 saturated heterocycles. The van der Waals surface area contributed by atoms with E-state index in [1.807, 2.05) is 0 Å². The fourth-order valence-electron chi connectivity index (χ4n) is 2.42. The molecule has 0 bridgehead atoms. The third-order valence-electron chi connectivity index (χ3n) is 4.08. The average molecular weight is 314 g/mol. The van der Waals surface area contributed by atoms with Crippen molar-refractivity contribution in [2.75, 3.05) is 0 Å². The lowest BCUT2D eigenvalue weighted by molar-refractivity contribution is 0.580. The minimum atomic E-state index is 0.160. The number of nitrogens with zero attached hydrogens (tertiary/aromatic N) is 1. The molecule has 2 atom stereocenters. The van der Waals surface area contributed by atoms with Gasteiger partial charge in [0.1, 0.15) is 0 Å². The maximum atomic E-state index is 9.14. The zero-order chi connectivity index (χ0) is 17.2. The largest absolute Gasteiger partial charge is 0.198 e. The van der Waals surface area contributed by atoms with Gasteiger partial charge in [-0.2, -0.15) is 5.26 Å². The van der Waals surface area contributed by atoms with Gasteiger partial charge in [0.2, 0.25) is 0 Å². The number of unbranched alkanes of at least 4 members (excludes halogenated alkanes) is 1. The lowest BCUT2D eigenvalue weighted by Gasteiger charge is -2.05. The Morgan fingerprint density at radius 2 is 1.48 bits per heavy atom. The van der Waals surface area contributed by atoms with Gasteiger partial charge < -0.3 is 0 Å². The highest BCUT2D eigenvalue weighted by Crippen LogP contribution is 2.13. The van der Waals surface area contributed by atoms with Crippen molar-refractivity contribution in [3.8, 4) is 6.07 Å². The summed E-state index contributed by atoms with van der Waals surface area (Å²) in [5.74, 6) is 0.822. The van der Waals surface area contributed by atoms with Crippen LogP contribution in [-0.2, 0) is 0 Å². The minimum Gasteiger partial charge on any atom is -0.198 e. The van der Waals surface area contributed by atoms with Gasteiger partial charge in [-0.15, -0.1) is 6.58 Å². The van der Waals surface area contributed by atoms with Gasteiger partial charge in [0.05, 0.1) is 12.0 Å². The molecule has 0 heterocycles. The van der Waals surface area contributed by atoms with Crippen molar-refractivity contribution in [3.63, 3.8) is 0 Å². The summed E-state index contributed by atoms with van der Waals surface area (Å²) in [6.45, 7) is 8.22. The first-order chi connectivity index (χ1) is 11.3. The van der Waals surface area contributed by atoms with Gasteiger partial charge in [0.15, 0.2) is 0 Å². The molecule has 0 aliphatic rings. The van der Waals surface area contributed by atoms with Crippen LogP contribution >= 0.6 is 0 Å². The van der Waals surface area contributed by atoms with Gasteiger partial charge in [-0.05, 0) is 63.7 Å². The first-order valence-corrected chi connectivity index (χ1v) is 9.25. The molecular weight excluding hydrogens is 278 g/mol. The molecule has 0 spiro atoms. The Kier molecular flexibility index (Phi) is 15.7. The molecule has 0 fully saturated rings. The Balaban J connectivity index is 3.70. The van der Waals surface area contributed by atoms with Crippen LogP contribution in [0.4, 0.5) is 0 Å². The third kappa shape index (κ3) is 13.8. The molecule has 0 N–H and O–H groups in total. The Labute approximate surface area is 144 Å². The van der Waals surface area contributed by atoms with Crippen LogP contribution in [0.15, 0.2) is 49.1 Å². The highest BCUT2D eigenvalue weighted by molar-refractivity contribution is 4.95. The summed E-state index contributed by atoms with van der Waals surface area (Å²) in [6.07, 6.45) is 25.1. The van der Waals surface area contributed by atoms with Crippen LogP contribution < -0.4 is 0 Å². The van der Waals surface area contributed by atoms with Crippen molar-refractivity contribution in [1.82, 2.24) is 0 Å². The Bertz CT molecular complexity index is 395. The van der Waals surface area contributed by atoms with Gasteiger partial charge >= 0.3 is 0 Å². The van der Waals surface area contributed by atoms with E-state index in [-0.39, 0.29) is 5.92 Å². The van der Waals surface area contributed by atoms with Crippen molar-refractivity contribution in [3.05, 3.63) is 49.1 Å². The van der Waals surface area contributed by atoms with E-state index in [4.69, 9.17) is 5.26 Å². The SMILES string of the molecule is C=CC(CC)CC/C=C/CC/C=C/CC(C#N)CC/C=C/CC. The second-order valence-electron chi connectivity index (χ2n) is 6.02. The molecule has 2 unspecified atom stereocenters. The van der Waals surface area contributed by atoms with Crippen molar-refractivity contribution in [2.24, 2.45) is 11.8 Å². The number of hydrogen-bond donors (Lipinski definition) is 0. The van der Waals surface area contributed by atoms with Crippen LogP contribution in [0.5, 0.6) is 0 Å². The van der Waals surface area contributed by atoms with E-state index in [1.54, 1.807) is 0 Å². The predicted molar refractivity (Wildman–Crippen MR) is 103 cm³/mol. The minimum absolute atomic E-state index is 0.160. The third-order valence-corrected chi connectivity index (χ3v) is 4.08. The fourth-order valence-corrected chi connectivity index (χ4v) is 2.42. The molecule has 128 valence electrons. The van der Waals surface area contributed by atoms with Crippen LogP contribution in [0, 0.1) is 23.2 Å². The summed E-state index contributed by atoms with van der Waals surface area (Å²) in [6, 6.07) is 2.41. The van der Waals surface area contributed by atoms with E-state index < -0.39 is 0 Å². The smallest absolute Gasteiger partial charge is 0.0659 e. The van der Waals surface area contributed by atoms with Gasteiger partial charge in [-0.3, -0.25) is 0 Å². The van der Waals surface area contributed by atoms with E-state index in [0.29, 0.717) is 5.92 Å². The Morgan fingerprint density at radius 3 is 2.09 bits per heavy atom. The summed E-state index contributed by atoms with van der Waals surface area (Å²) in [5, 5.41) is 9.14. The summed E-state index contributed by atoms with van der Waals surface area (Å²) < 4.78 is 0. The van der Waals surface area contributed by atoms with Crippen molar-refractivity contribution < 1.29 is 0 Å². The molecular formula is C22H35N. The molecule has 1 heteroatoms. The van der Waals surface area contributed by atoms with Crippen LogP contribution in [0.3, 0.4) is 0 Å². The van der Waals surface area contributed by atoms with Crippen LogP contribution in [-0.4, -0.2) is 0 Å². The van der Waals surface area contributed by atoms with E-state index in [2.05, 4.69) is 69.0 Å². The number of rotatable bonds is 14. The topological polar surface area (TPSA) is 23.8 Å². The van der Waals surface area contributed by atoms with Crippen LogP contribution in [0.25, 0.3) is 0 Å². The summed E-state index contributed by atoms with van der Waals surface area (Å²) in [5.41, 5.74) is 0. The molecule has 0 aromatic rings. The summed E-state index contributed by atoms with van der Waals surface area (Å²) >= 11 is 0. The number of hydrogen-bond acceptors (Lipinski definition) is 1. The van der Waals surface area contributed by atoms with Gasteiger partial charge in [0.25, 0.3) is 0 Å². The van der Waals surface area contributed by atoms with Crippen LogP contribution in [0.1, 0.15) is 71.6 Å². The Hall–Kier alpha value is -1.55. The second-order valence-corrected chi connectivity index (χ2v) is 6.02. The molecule has 1 nitrogen and oxygen atoms in total. The van der Waals surface area contributed by atoms with E-state index in [9.17, 15) is 0 Å². The monoisotopic (exact) mass is 313 g/mol. The van der Waals surface area contributed by atoms with Gasteiger partial charge in [-0.25, -0.2) is 0 Å². The second kappa shape index (κ2) is 16.8.